The molecule has 0 saturated carbocycles. The highest BCUT2D eigenvalue weighted by Gasteiger charge is 2.08. The Hall–Kier alpha value is -1.06. The maximum atomic E-state index is 5.19. The number of nitrogens with one attached hydrogen (secondary N) is 1. The van der Waals surface area contributed by atoms with Gasteiger partial charge < -0.3 is 15.0 Å². The van der Waals surface area contributed by atoms with Crippen LogP contribution in [-0.4, -0.2) is 33.3 Å². The Bertz CT molecular complexity index is 333. The van der Waals surface area contributed by atoms with Gasteiger partial charge in [-0.2, -0.15) is 0 Å². The van der Waals surface area contributed by atoms with Crippen molar-refractivity contribution in [3.63, 3.8) is 0 Å². The first-order chi connectivity index (χ1) is 8.40. The fraction of sp³-hybridized carbons (Fsp3) is 0.571. The van der Waals surface area contributed by atoms with E-state index >= 15 is 0 Å². The average molecular weight is 234 g/mol. The summed E-state index contributed by atoms with van der Waals surface area (Å²) in [4.78, 5) is 2.49. The van der Waals surface area contributed by atoms with Gasteiger partial charge in [-0.15, -0.1) is 0 Å². The molecule has 3 heteroatoms. The molecule has 1 heterocycles. The summed E-state index contributed by atoms with van der Waals surface area (Å²) in [6.07, 6.45) is 2.43. The molecule has 1 aliphatic heterocycles. The van der Waals surface area contributed by atoms with Gasteiger partial charge in [0.2, 0.25) is 0 Å². The molecule has 1 aromatic carbocycles. The number of nitrogens with zero attached hydrogens (tertiary/aromatic N) is 1. The number of anilines is 1. The van der Waals surface area contributed by atoms with Gasteiger partial charge >= 0.3 is 0 Å². The van der Waals surface area contributed by atoms with Gasteiger partial charge in [-0.05, 0) is 43.6 Å². The van der Waals surface area contributed by atoms with Crippen molar-refractivity contribution in [3.8, 4) is 0 Å². The molecular weight excluding hydrogens is 212 g/mol. The smallest absolute Gasteiger partial charge is 0.0713 e. The summed E-state index contributed by atoms with van der Waals surface area (Å²) in [6, 6.07) is 8.70. The summed E-state index contributed by atoms with van der Waals surface area (Å²) in [7, 11) is 1.74. The lowest BCUT2D eigenvalue weighted by Gasteiger charge is -2.27. The molecule has 1 aliphatic rings. The minimum absolute atomic E-state index is 0.698. The molecule has 0 aliphatic carbocycles. The molecule has 1 N–H and O–H groups in total. The number of ether oxygens (including phenoxy) is 1. The van der Waals surface area contributed by atoms with E-state index in [9.17, 15) is 0 Å². The third kappa shape index (κ3) is 3.72. The van der Waals surface area contributed by atoms with Crippen LogP contribution in [-0.2, 0) is 11.3 Å². The van der Waals surface area contributed by atoms with Crippen molar-refractivity contribution in [2.45, 2.75) is 19.4 Å². The van der Waals surface area contributed by atoms with E-state index in [0.717, 1.165) is 26.2 Å². The Morgan fingerprint density at radius 3 is 2.71 bits per heavy atom. The second-order valence-corrected chi connectivity index (χ2v) is 4.55. The molecule has 17 heavy (non-hydrogen) atoms. The van der Waals surface area contributed by atoms with E-state index < -0.39 is 0 Å². The van der Waals surface area contributed by atoms with Crippen LogP contribution in [0, 0.1) is 0 Å². The third-order valence-corrected chi connectivity index (χ3v) is 3.15. The van der Waals surface area contributed by atoms with Gasteiger partial charge in [-0.25, -0.2) is 0 Å². The van der Waals surface area contributed by atoms with Crippen molar-refractivity contribution in [1.29, 1.82) is 0 Å². The monoisotopic (exact) mass is 234 g/mol. The maximum absolute atomic E-state index is 5.19. The minimum atomic E-state index is 0.698. The van der Waals surface area contributed by atoms with Crippen molar-refractivity contribution < 1.29 is 4.74 Å². The average Bonchev–Trinajstić information content (AvgIpc) is 2.29. The molecule has 94 valence electrons. The molecule has 0 radical (unpaired) electrons. The molecule has 1 saturated heterocycles. The quantitative estimate of drug-likeness (QED) is 0.866. The fourth-order valence-electron chi connectivity index (χ4n) is 2.29. The first kappa shape index (κ1) is 12.4. The molecule has 2 rings (SSSR count). The molecule has 1 aromatic rings. The van der Waals surface area contributed by atoms with Crippen molar-refractivity contribution in [2.75, 3.05) is 38.2 Å². The lowest BCUT2D eigenvalue weighted by Crippen LogP contribution is -2.33. The SMILES string of the molecule is COCc1cccc(N2CCCNCCC2)c1. The van der Waals surface area contributed by atoms with E-state index in [-0.39, 0.29) is 0 Å². The van der Waals surface area contributed by atoms with Crippen LogP contribution in [0.3, 0.4) is 0 Å². The molecule has 3 nitrogen and oxygen atoms in total. The van der Waals surface area contributed by atoms with E-state index in [2.05, 4.69) is 34.5 Å². The number of rotatable bonds is 3. The Morgan fingerprint density at radius 1 is 1.24 bits per heavy atom. The highest BCUT2D eigenvalue weighted by atomic mass is 16.5. The largest absolute Gasteiger partial charge is 0.380 e. The van der Waals surface area contributed by atoms with Gasteiger partial charge in [0, 0.05) is 25.9 Å². The summed E-state index contributed by atoms with van der Waals surface area (Å²) in [5, 5.41) is 3.44. The van der Waals surface area contributed by atoms with Crippen LogP contribution in [0.25, 0.3) is 0 Å². The van der Waals surface area contributed by atoms with Crippen LogP contribution in [0.2, 0.25) is 0 Å². The minimum Gasteiger partial charge on any atom is -0.380 e. The fourth-order valence-corrected chi connectivity index (χ4v) is 2.29. The zero-order chi connectivity index (χ0) is 11.9. The molecule has 1 fully saturated rings. The van der Waals surface area contributed by atoms with E-state index in [0.29, 0.717) is 6.61 Å². The molecule has 0 aromatic heterocycles. The van der Waals surface area contributed by atoms with Crippen LogP contribution in [0.15, 0.2) is 24.3 Å². The molecule has 0 amide bonds. The Labute approximate surface area is 104 Å². The van der Waals surface area contributed by atoms with Gasteiger partial charge in [0.1, 0.15) is 0 Å². The number of benzene rings is 1. The zero-order valence-electron chi connectivity index (χ0n) is 10.6. The van der Waals surface area contributed by atoms with Crippen LogP contribution in [0.5, 0.6) is 0 Å². The predicted molar refractivity (Wildman–Crippen MR) is 71.5 cm³/mol. The highest BCUT2D eigenvalue weighted by molar-refractivity contribution is 5.48. The Morgan fingerprint density at radius 2 is 2.00 bits per heavy atom. The first-order valence-corrected chi connectivity index (χ1v) is 6.44. The number of hydrogen-bond donors (Lipinski definition) is 1. The third-order valence-electron chi connectivity index (χ3n) is 3.15. The predicted octanol–water partition coefficient (Wildman–Crippen LogP) is 2.02. The topological polar surface area (TPSA) is 24.5 Å². The summed E-state index contributed by atoms with van der Waals surface area (Å²) >= 11 is 0. The summed E-state index contributed by atoms with van der Waals surface area (Å²) < 4.78 is 5.19. The second kappa shape index (κ2) is 6.62. The van der Waals surface area contributed by atoms with Crippen LogP contribution in [0.4, 0.5) is 5.69 Å². The van der Waals surface area contributed by atoms with Crippen LogP contribution < -0.4 is 10.2 Å². The standard InChI is InChI=1S/C14H22N2O/c1-17-12-13-5-2-6-14(11-13)16-9-3-7-15-8-4-10-16/h2,5-6,11,15H,3-4,7-10,12H2,1H3. The zero-order valence-corrected chi connectivity index (χ0v) is 10.6. The lowest BCUT2D eigenvalue weighted by molar-refractivity contribution is 0.185. The highest BCUT2D eigenvalue weighted by Crippen LogP contribution is 2.18. The van der Waals surface area contributed by atoms with Gasteiger partial charge in [0.05, 0.1) is 6.61 Å². The molecule has 0 atom stereocenters. The van der Waals surface area contributed by atoms with Crippen LogP contribution in [0.1, 0.15) is 18.4 Å². The van der Waals surface area contributed by atoms with Gasteiger partial charge in [0.15, 0.2) is 0 Å². The normalized spacial score (nSPS) is 17.6. The van der Waals surface area contributed by atoms with Crippen molar-refractivity contribution in [2.24, 2.45) is 0 Å². The van der Waals surface area contributed by atoms with E-state index in [1.807, 2.05) is 0 Å². The summed E-state index contributed by atoms with van der Waals surface area (Å²) in [5.74, 6) is 0. The van der Waals surface area contributed by atoms with E-state index in [1.165, 1.54) is 24.1 Å². The van der Waals surface area contributed by atoms with Crippen molar-refractivity contribution in [3.05, 3.63) is 29.8 Å². The van der Waals surface area contributed by atoms with Gasteiger partial charge in [-0.1, -0.05) is 12.1 Å². The van der Waals surface area contributed by atoms with Gasteiger partial charge in [0.25, 0.3) is 0 Å². The second-order valence-electron chi connectivity index (χ2n) is 4.55. The molecule has 0 bridgehead atoms. The maximum Gasteiger partial charge on any atom is 0.0713 e. The van der Waals surface area contributed by atoms with Crippen molar-refractivity contribution >= 4 is 5.69 Å². The van der Waals surface area contributed by atoms with E-state index in [4.69, 9.17) is 4.74 Å². The molecular formula is C14H22N2O. The van der Waals surface area contributed by atoms with Gasteiger partial charge in [-0.3, -0.25) is 0 Å². The number of hydrogen-bond acceptors (Lipinski definition) is 3. The number of methoxy groups -OCH3 is 1. The first-order valence-electron chi connectivity index (χ1n) is 6.44. The molecule has 0 unspecified atom stereocenters. The summed E-state index contributed by atoms with van der Waals surface area (Å²) in [5.41, 5.74) is 2.59. The summed E-state index contributed by atoms with van der Waals surface area (Å²) in [6.45, 7) is 5.25. The van der Waals surface area contributed by atoms with Crippen LogP contribution >= 0.6 is 0 Å². The Kier molecular flexibility index (Phi) is 4.83. The lowest BCUT2D eigenvalue weighted by atomic mass is 10.1. The van der Waals surface area contributed by atoms with Crippen molar-refractivity contribution in [1.82, 2.24) is 5.32 Å². The Balaban J connectivity index is 2.05. The molecule has 0 spiro atoms. The van der Waals surface area contributed by atoms with E-state index in [1.54, 1.807) is 7.11 Å².